The molecule has 0 fully saturated rings. The van der Waals surface area contributed by atoms with Crippen LogP contribution in [0, 0.1) is 5.82 Å². The lowest BCUT2D eigenvalue weighted by Gasteiger charge is -2.24. The van der Waals surface area contributed by atoms with Gasteiger partial charge in [0, 0.05) is 24.5 Å². The summed E-state index contributed by atoms with van der Waals surface area (Å²) in [6.07, 6.45) is -4.64. The number of ether oxygens (including phenoxy) is 1. The van der Waals surface area contributed by atoms with E-state index in [1.165, 1.54) is 41.3 Å². The van der Waals surface area contributed by atoms with Gasteiger partial charge in [0.1, 0.15) is 11.6 Å². The predicted octanol–water partition coefficient (Wildman–Crippen LogP) is 6.10. The molecule has 0 saturated carbocycles. The van der Waals surface area contributed by atoms with Crippen LogP contribution in [-0.2, 0) is 6.18 Å². The molecule has 0 atom stereocenters. The fourth-order valence-corrected chi connectivity index (χ4v) is 3.25. The molecule has 4 amide bonds. The second-order valence-corrected chi connectivity index (χ2v) is 7.44. The van der Waals surface area contributed by atoms with Crippen molar-refractivity contribution in [3.05, 3.63) is 84.2 Å². The Morgan fingerprint density at radius 1 is 0.917 bits per heavy atom. The van der Waals surface area contributed by atoms with E-state index in [2.05, 4.69) is 16.0 Å². The van der Waals surface area contributed by atoms with E-state index in [4.69, 9.17) is 4.74 Å². The van der Waals surface area contributed by atoms with Crippen LogP contribution < -0.4 is 25.6 Å². The third kappa shape index (κ3) is 7.36. The van der Waals surface area contributed by atoms with Gasteiger partial charge in [0.15, 0.2) is 0 Å². The molecule has 0 bridgehead atoms. The van der Waals surface area contributed by atoms with E-state index >= 15 is 0 Å². The minimum atomic E-state index is -4.64. The van der Waals surface area contributed by atoms with Gasteiger partial charge in [0.25, 0.3) is 0 Å². The average Bonchev–Trinajstić information content (AvgIpc) is 2.83. The van der Waals surface area contributed by atoms with Crippen LogP contribution in [0.5, 0.6) is 5.75 Å². The minimum absolute atomic E-state index is 0.0527. The summed E-state index contributed by atoms with van der Waals surface area (Å²) in [4.78, 5) is 26.5. The van der Waals surface area contributed by atoms with Gasteiger partial charge in [-0.1, -0.05) is 12.1 Å². The number of alkyl halides is 3. The molecule has 0 unspecified atom stereocenters. The molecular weight excluding hydrogens is 480 g/mol. The molecule has 0 aromatic heterocycles. The molecule has 3 aromatic carbocycles. The zero-order valence-electron chi connectivity index (χ0n) is 19.2. The molecule has 0 aliphatic rings. The smallest absolute Gasteiger partial charge is 0.418 e. The van der Waals surface area contributed by atoms with Crippen molar-refractivity contribution in [3.8, 4) is 5.75 Å². The molecule has 0 aliphatic carbocycles. The normalized spacial score (nSPS) is 10.9. The molecule has 3 rings (SSSR count). The maximum Gasteiger partial charge on any atom is 0.418 e. The number of urea groups is 2. The van der Waals surface area contributed by atoms with E-state index in [1.54, 1.807) is 24.3 Å². The SMILES string of the molecule is CCOc1ccc(NC(=O)N(CCNC(=O)Nc2ccccc2C(F)(F)F)c2ccc(F)cc2)cc1. The summed E-state index contributed by atoms with van der Waals surface area (Å²) < 4.78 is 58.2. The Labute approximate surface area is 205 Å². The van der Waals surface area contributed by atoms with Crippen LogP contribution in [0.1, 0.15) is 12.5 Å². The lowest BCUT2D eigenvalue weighted by molar-refractivity contribution is -0.136. The first-order valence-electron chi connectivity index (χ1n) is 11.0. The molecule has 190 valence electrons. The van der Waals surface area contributed by atoms with Crippen molar-refractivity contribution >= 4 is 29.1 Å². The van der Waals surface area contributed by atoms with Gasteiger partial charge in [-0.25, -0.2) is 14.0 Å². The number of hydrogen-bond acceptors (Lipinski definition) is 3. The molecule has 0 heterocycles. The van der Waals surface area contributed by atoms with Crippen molar-refractivity contribution in [3.63, 3.8) is 0 Å². The maximum absolute atomic E-state index is 13.4. The van der Waals surface area contributed by atoms with Gasteiger partial charge in [-0.2, -0.15) is 13.2 Å². The van der Waals surface area contributed by atoms with Gasteiger partial charge in [-0.15, -0.1) is 0 Å². The first kappa shape index (κ1) is 26.3. The zero-order valence-corrected chi connectivity index (χ0v) is 19.2. The van der Waals surface area contributed by atoms with Gasteiger partial charge in [0.2, 0.25) is 0 Å². The molecule has 0 saturated heterocycles. The topological polar surface area (TPSA) is 82.7 Å². The molecule has 0 aliphatic heterocycles. The number of benzene rings is 3. The van der Waals surface area contributed by atoms with Crippen LogP contribution in [0.2, 0.25) is 0 Å². The lowest BCUT2D eigenvalue weighted by Crippen LogP contribution is -2.42. The van der Waals surface area contributed by atoms with Gasteiger partial charge < -0.3 is 20.7 Å². The van der Waals surface area contributed by atoms with Crippen molar-refractivity contribution < 1.29 is 31.9 Å². The molecule has 0 spiro atoms. The molecular formula is C25H24F4N4O3. The molecule has 7 nitrogen and oxygen atoms in total. The predicted molar refractivity (Wildman–Crippen MR) is 129 cm³/mol. The highest BCUT2D eigenvalue weighted by Crippen LogP contribution is 2.34. The van der Waals surface area contributed by atoms with Crippen LogP contribution in [-0.4, -0.2) is 31.8 Å². The number of amides is 4. The Hall–Kier alpha value is -4.28. The van der Waals surface area contributed by atoms with Crippen LogP contribution in [0.15, 0.2) is 72.8 Å². The Bertz CT molecular complexity index is 1170. The quantitative estimate of drug-likeness (QED) is 0.324. The van der Waals surface area contributed by atoms with Gasteiger partial charge in [-0.05, 0) is 67.6 Å². The summed E-state index contributed by atoms with van der Waals surface area (Å²) in [6, 6.07) is 15.0. The van der Waals surface area contributed by atoms with Crippen molar-refractivity contribution in [2.24, 2.45) is 0 Å². The summed E-state index contributed by atoms with van der Waals surface area (Å²) in [5, 5.41) is 7.31. The zero-order chi connectivity index (χ0) is 26.1. The Morgan fingerprint density at radius 3 is 2.22 bits per heavy atom. The van der Waals surface area contributed by atoms with E-state index < -0.39 is 35.3 Å². The van der Waals surface area contributed by atoms with Crippen LogP contribution in [0.25, 0.3) is 0 Å². The number of halogens is 4. The van der Waals surface area contributed by atoms with E-state index in [0.717, 1.165) is 12.1 Å². The van der Waals surface area contributed by atoms with Crippen LogP contribution >= 0.6 is 0 Å². The van der Waals surface area contributed by atoms with Crippen LogP contribution in [0.3, 0.4) is 0 Å². The van der Waals surface area contributed by atoms with E-state index in [0.29, 0.717) is 23.7 Å². The first-order chi connectivity index (χ1) is 17.2. The Balaban J connectivity index is 1.66. The van der Waals surface area contributed by atoms with Crippen molar-refractivity contribution in [2.75, 3.05) is 35.2 Å². The van der Waals surface area contributed by atoms with Crippen molar-refractivity contribution in [1.82, 2.24) is 5.32 Å². The van der Waals surface area contributed by atoms with Crippen LogP contribution in [0.4, 0.5) is 44.2 Å². The fourth-order valence-electron chi connectivity index (χ4n) is 3.25. The van der Waals surface area contributed by atoms with E-state index in [9.17, 15) is 27.2 Å². The Morgan fingerprint density at radius 2 is 1.58 bits per heavy atom. The monoisotopic (exact) mass is 504 g/mol. The standard InChI is InChI=1S/C25H24F4N4O3/c1-2-36-20-13-9-18(10-14-20)31-24(35)33(19-11-7-17(26)8-12-19)16-15-30-23(34)32-22-6-4-3-5-21(22)25(27,28)29/h3-14H,2,15-16H2,1H3,(H,31,35)(H2,30,32,34). The van der Waals surface area contributed by atoms with Crippen molar-refractivity contribution in [2.45, 2.75) is 13.1 Å². The second-order valence-electron chi connectivity index (χ2n) is 7.44. The third-order valence-corrected chi connectivity index (χ3v) is 4.90. The highest BCUT2D eigenvalue weighted by molar-refractivity contribution is 6.01. The molecule has 11 heteroatoms. The minimum Gasteiger partial charge on any atom is -0.494 e. The van der Waals surface area contributed by atoms with Crippen molar-refractivity contribution in [1.29, 1.82) is 0 Å². The molecule has 3 aromatic rings. The molecule has 0 radical (unpaired) electrons. The molecule has 36 heavy (non-hydrogen) atoms. The van der Waals surface area contributed by atoms with Gasteiger partial charge >= 0.3 is 18.2 Å². The van der Waals surface area contributed by atoms with E-state index in [-0.39, 0.29) is 13.1 Å². The number of carbonyl (C=O) groups excluding carboxylic acids is 2. The maximum atomic E-state index is 13.4. The number of nitrogens with one attached hydrogen (secondary N) is 3. The average molecular weight is 504 g/mol. The highest BCUT2D eigenvalue weighted by Gasteiger charge is 2.33. The number of carbonyl (C=O) groups is 2. The number of hydrogen-bond donors (Lipinski definition) is 3. The Kier molecular flexibility index (Phi) is 8.71. The number of rotatable bonds is 8. The number of nitrogens with zero attached hydrogens (tertiary/aromatic N) is 1. The molecule has 3 N–H and O–H groups in total. The lowest BCUT2D eigenvalue weighted by atomic mass is 10.1. The summed E-state index contributed by atoms with van der Waals surface area (Å²) in [5.41, 5.74) is -0.552. The summed E-state index contributed by atoms with van der Waals surface area (Å²) in [6.45, 7) is 2.18. The first-order valence-corrected chi connectivity index (χ1v) is 11.0. The third-order valence-electron chi connectivity index (χ3n) is 4.90. The fraction of sp³-hybridized carbons (Fsp3) is 0.200. The summed E-state index contributed by atoms with van der Waals surface area (Å²) in [7, 11) is 0. The highest BCUT2D eigenvalue weighted by atomic mass is 19.4. The largest absolute Gasteiger partial charge is 0.494 e. The summed E-state index contributed by atoms with van der Waals surface area (Å²) >= 11 is 0. The van der Waals surface area contributed by atoms with Gasteiger partial charge in [-0.3, -0.25) is 4.90 Å². The van der Waals surface area contributed by atoms with Gasteiger partial charge in [0.05, 0.1) is 17.9 Å². The summed E-state index contributed by atoms with van der Waals surface area (Å²) in [5.74, 6) is 0.139. The van der Waals surface area contributed by atoms with E-state index in [1.807, 2.05) is 6.92 Å². The number of para-hydroxylation sites is 1. The second kappa shape index (κ2) is 11.9. The number of anilines is 3.